The van der Waals surface area contributed by atoms with E-state index in [1.165, 1.54) is 24.9 Å². The fourth-order valence-electron chi connectivity index (χ4n) is 0.982. The smallest absolute Gasteiger partial charge is 0.433 e. The maximum atomic E-state index is 10.3. The van der Waals surface area contributed by atoms with Crippen molar-refractivity contribution in [3.05, 3.63) is 28.0 Å². The maximum absolute atomic E-state index is 10.3. The van der Waals surface area contributed by atoms with Crippen molar-refractivity contribution in [2.75, 3.05) is 12.9 Å². The normalized spacial score (nSPS) is 10.1. The van der Waals surface area contributed by atoms with E-state index in [9.17, 15) is 10.1 Å². The summed E-state index contributed by atoms with van der Waals surface area (Å²) < 4.78 is 9.67. The number of nitrogens with zero attached hydrogens (tertiary/aromatic N) is 1. The van der Waals surface area contributed by atoms with Crippen LogP contribution in [0.15, 0.2) is 16.5 Å². The Hall–Kier alpha value is -1.50. The van der Waals surface area contributed by atoms with Crippen LogP contribution >= 0.6 is 11.8 Å². The average Bonchev–Trinajstić information content (AvgIpc) is 2.72. The number of hydrogen-bond acceptors (Lipinski definition) is 6. The first-order chi connectivity index (χ1) is 7.63. The Kier molecular flexibility index (Phi) is 4.84. The summed E-state index contributed by atoms with van der Waals surface area (Å²) in [5, 5.41) is 17.6. The maximum Gasteiger partial charge on any atom is 0.433 e. The van der Waals surface area contributed by atoms with E-state index in [0.717, 1.165) is 5.75 Å². The summed E-state index contributed by atoms with van der Waals surface area (Å²) in [5.41, 5.74) is 0. The van der Waals surface area contributed by atoms with Gasteiger partial charge in [0.25, 0.3) is 0 Å². The monoisotopic (exact) mass is 244 g/mol. The molecule has 0 atom stereocenters. The van der Waals surface area contributed by atoms with E-state index in [1.54, 1.807) is 6.07 Å². The third-order valence-corrected chi connectivity index (χ3v) is 2.77. The lowest BCUT2D eigenvalue weighted by Crippen LogP contribution is -1.99. The molecular weight excluding hydrogens is 232 g/mol. The van der Waals surface area contributed by atoms with E-state index in [1.807, 2.05) is 0 Å². The fraction of sp³-hybridized carbons (Fsp3) is 0.444. The van der Waals surface area contributed by atoms with Crippen LogP contribution in [0.3, 0.4) is 0 Å². The van der Waals surface area contributed by atoms with Crippen molar-refractivity contribution in [1.29, 1.82) is 5.41 Å². The number of ether oxygens (including phenoxy) is 1. The second-order valence-corrected chi connectivity index (χ2v) is 4.03. The highest BCUT2D eigenvalue weighted by atomic mass is 32.2. The minimum atomic E-state index is -0.561. The average molecular weight is 244 g/mol. The molecule has 0 aromatic carbocycles. The topological polar surface area (TPSA) is 89.4 Å². The van der Waals surface area contributed by atoms with Crippen LogP contribution in [-0.2, 0) is 10.5 Å². The lowest BCUT2D eigenvalue weighted by Gasteiger charge is -2.00. The van der Waals surface area contributed by atoms with Gasteiger partial charge < -0.3 is 9.15 Å². The predicted molar refractivity (Wildman–Crippen MR) is 60.9 cm³/mol. The number of methoxy groups -OCH3 is 1. The summed E-state index contributed by atoms with van der Waals surface area (Å²) in [4.78, 5) is 9.77. The summed E-state index contributed by atoms with van der Waals surface area (Å²) in [6.07, 6.45) is 0.546. The second-order valence-electron chi connectivity index (χ2n) is 2.93. The SMILES string of the molecule is COC(=N)CCSCc1ccc([N+](=O)[O-])o1. The summed E-state index contributed by atoms with van der Waals surface area (Å²) in [6, 6.07) is 2.93. The van der Waals surface area contributed by atoms with E-state index < -0.39 is 4.92 Å². The van der Waals surface area contributed by atoms with Gasteiger partial charge >= 0.3 is 5.88 Å². The van der Waals surface area contributed by atoms with Crippen molar-refractivity contribution in [2.24, 2.45) is 0 Å². The third-order valence-electron chi connectivity index (χ3n) is 1.79. The molecule has 1 aromatic rings. The highest BCUT2D eigenvalue weighted by Gasteiger charge is 2.11. The summed E-state index contributed by atoms with van der Waals surface area (Å²) in [5.74, 6) is 1.85. The number of thioether (sulfide) groups is 1. The van der Waals surface area contributed by atoms with E-state index in [-0.39, 0.29) is 11.8 Å². The van der Waals surface area contributed by atoms with Gasteiger partial charge in [0.15, 0.2) is 5.90 Å². The van der Waals surface area contributed by atoms with Crippen molar-refractivity contribution >= 4 is 23.5 Å². The number of nitro groups is 1. The van der Waals surface area contributed by atoms with Gasteiger partial charge in [-0.15, -0.1) is 0 Å². The van der Waals surface area contributed by atoms with E-state index >= 15 is 0 Å². The number of rotatable bonds is 6. The van der Waals surface area contributed by atoms with E-state index in [2.05, 4.69) is 0 Å². The summed E-state index contributed by atoms with van der Waals surface area (Å²) >= 11 is 1.54. The summed E-state index contributed by atoms with van der Waals surface area (Å²) in [6.45, 7) is 0. The first kappa shape index (κ1) is 12.6. The quantitative estimate of drug-likeness (QED) is 0.273. The van der Waals surface area contributed by atoms with Crippen LogP contribution in [-0.4, -0.2) is 23.7 Å². The molecule has 7 heteroatoms. The number of hydrogen-bond donors (Lipinski definition) is 1. The molecule has 6 nitrogen and oxygen atoms in total. The van der Waals surface area contributed by atoms with Gasteiger partial charge in [0.1, 0.15) is 10.7 Å². The highest BCUT2D eigenvalue weighted by molar-refractivity contribution is 7.98. The Morgan fingerprint density at radius 2 is 2.44 bits per heavy atom. The number of nitrogens with one attached hydrogen (secondary N) is 1. The Bertz CT molecular complexity index is 377. The van der Waals surface area contributed by atoms with Crippen molar-refractivity contribution in [2.45, 2.75) is 12.2 Å². The van der Waals surface area contributed by atoms with E-state index in [0.29, 0.717) is 17.9 Å². The van der Waals surface area contributed by atoms with E-state index in [4.69, 9.17) is 14.6 Å². The molecule has 1 aromatic heterocycles. The molecule has 0 fully saturated rings. The molecule has 0 unspecified atom stereocenters. The fourth-order valence-corrected chi connectivity index (χ4v) is 1.81. The predicted octanol–water partition coefficient (Wildman–Crippen LogP) is 2.43. The van der Waals surface area contributed by atoms with Crippen molar-refractivity contribution < 1.29 is 14.1 Å². The van der Waals surface area contributed by atoms with Gasteiger partial charge in [-0.2, -0.15) is 11.8 Å². The Morgan fingerprint density at radius 3 is 3.00 bits per heavy atom. The summed E-state index contributed by atoms with van der Waals surface area (Å²) in [7, 11) is 1.46. The Morgan fingerprint density at radius 1 is 1.69 bits per heavy atom. The molecular formula is C9H12N2O4S. The van der Waals surface area contributed by atoms with Crippen LogP contribution in [0.4, 0.5) is 5.88 Å². The minimum Gasteiger partial charge on any atom is -0.484 e. The first-order valence-electron chi connectivity index (χ1n) is 4.55. The number of furan rings is 1. The van der Waals surface area contributed by atoms with Crippen LogP contribution in [0.25, 0.3) is 0 Å². The van der Waals surface area contributed by atoms with Gasteiger partial charge in [-0.1, -0.05) is 0 Å². The van der Waals surface area contributed by atoms with Crippen molar-refractivity contribution in [3.8, 4) is 0 Å². The molecule has 0 saturated heterocycles. The Labute approximate surface area is 96.6 Å². The third kappa shape index (κ3) is 3.93. The first-order valence-corrected chi connectivity index (χ1v) is 5.71. The lowest BCUT2D eigenvalue weighted by molar-refractivity contribution is -0.402. The van der Waals surface area contributed by atoms with Gasteiger partial charge in [-0.05, 0) is 6.07 Å². The van der Waals surface area contributed by atoms with Crippen LogP contribution < -0.4 is 0 Å². The van der Waals surface area contributed by atoms with Crippen LogP contribution in [0.2, 0.25) is 0 Å². The largest absolute Gasteiger partial charge is 0.484 e. The zero-order chi connectivity index (χ0) is 12.0. The molecule has 1 rings (SSSR count). The molecule has 88 valence electrons. The second kappa shape index (κ2) is 6.16. The molecule has 1 N–H and O–H groups in total. The molecule has 0 radical (unpaired) electrons. The molecule has 0 amide bonds. The standard InChI is InChI=1S/C9H12N2O4S/c1-14-8(10)4-5-16-6-7-2-3-9(15-7)11(12)13/h2-3,10H,4-6H2,1H3. The molecule has 0 aliphatic heterocycles. The molecule has 1 heterocycles. The zero-order valence-corrected chi connectivity index (χ0v) is 9.58. The lowest BCUT2D eigenvalue weighted by atomic mass is 10.5. The van der Waals surface area contributed by atoms with Crippen LogP contribution in [0, 0.1) is 15.5 Å². The van der Waals surface area contributed by atoms with Gasteiger partial charge in [0, 0.05) is 12.2 Å². The van der Waals surface area contributed by atoms with Crippen molar-refractivity contribution in [1.82, 2.24) is 0 Å². The molecule has 0 spiro atoms. The zero-order valence-electron chi connectivity index (χ0n) is 8.76. The molecule has 16 heavy (non-hydrogen) atoms. The van der Waals surface area contributed by atoms with Crippen LogP contribution in [0.5, 0.6) is 0 Å². The molecule has 0 bridgehead atoms. The van der Waals surface area contributed by atoms with Gasteiger partial charge in [0.05, 0.1) is 18.9 Å². The minimum absolute atomic E-state index is 0.234. The van der Waals surface area contributed by atoms with Gasteiger partial charge in [-0.3, -0.25) is 15.5 Å². The van der Waals surface area contributed by atoms with Crippen LogP contribution in [0.1, 0.15) is 12.2 Å². The molecule has 0 aliphatic rings. The van der Waals surface area contributed by atoms with Crippen molar-refractivity contribution in [3.63, 3.8) is 0 Å². The van der Waals surface area contributed by atoms with Gasteiger partial charge in [0.2, 0.25) is 0 Å². The molecule has 0 saturated carbocycles. The molecule has 0 aliphatic carbocycles. The Balaban J connectivity index is 2.27. The van der Waals surface area contributed by atoms with Gasteiger partial charge in [-0.25, -0.2) is 0 Å². The highest BCUT2D eigenvalue weighted by Crippen LogP contribution is 2.20.